The van der Waals surface area contributed by atoms with E-state index in [9.17, 15) is 14.9 Å². The van der Waals surface area contributed by atoms with Gasteiger partial charge in [-0.15, -0.1) is 0 Å². The van der Waals surface area contributed by atoms with Crippen molar-refractivity contribution in [3.63, 3.8) is 0 Å². The topological polar surface area (TPSA) is 87.2 Å². The molecule has 134 valence electrons. The quantitative estimate of drug-likeness (QED) is 0.661. The molecule has 0 spiro atoms. The number of ketones is 1. The number of para-hydroxylation sites is 2. The number of oxazole rings is 1. The van der Waals surface area contributed by atoms with E-state index in [1.165, 1.54) is 0 Å². The van der Waals surface area contributed by atoms with Crippen LogP contribution in [0.4, 0.5) is 5.69 Å². The van der Waals surface area contributed by atoms with Crippen molar-refractivity contribution in [2.75, 3.05) is 11.4 Å². The van der Waals surface area contributed by atoms with Gasteiger partial charge in [0.1, 0.15) is 5.52 Å². The molecule has 0 radical (unpaired) electrons. The summed E-state index contributed by atoms with van der Waals surface area (Å²) >= 11 is 0. The predicted octanol–water partition coefficient (Wildman–Crippen LogP) is 3.83. The zero-order valence-corrected chi connectivity index (χ0v) is 14.6. The highest BCUT2D eigenvalue weighted by molar-refractivity contribution is 6.03. The number of anilines is 1. The molecule has 6 heteroatoms. The highest BCUT2D eigenvalue weighted by atomic mass is 16.3. The molecule has 1 fully saturated rings. The molecule has 1 saturated heterocycles. The Kier molecular flexibility index (Phi) is 4.43. The Balaban J connectivity index is 1.59. The maximum atomic E-state index is 12.8. The molecular weight excluding hydrogens is 342 g/mol. The lowest BCUT2D eigenvalue weighted by molar-refractivity contribution is -0.119. The highest BCUT2D eigenvalue weighted by Crippen LogP contribution is 2.26. The molecule has 0 bridgehead atoms. The molecule has 0 saturated carbocycles. The van der Waals surface area contributed by atoms with E-state index >= 15 is 0 Å². The normalized spacial score (nSPS) is 15.5. The molecule has 0 N–H and O–H groups in total. The predicted molar refractivity (Wildman–Crippen MR) is 99.3 cm³/mol. The number of nitrogens with zero attached hydrogens (tertiary/aromatic N) is 3. The summed E-state index contributed by atoms with van der Waals surface area (Å²) in [5, 5.41) is 9.51. The molecule has 1 amide bonds. The van der Waals surface area contributed by atoms with Gasteiger partial charge >= 0.3 is 0 Å². The van der Waals surface area contributed by atoms with E-state index in [0.717, 1.165) is 18.5 Å². The summed E-state index contributed by atoms with van der Waals surface area (Å²) in [6, 6.07) is 15.9. The first-order valence-electron chi connectivity index (χ1n) is 8.87. The van der Waals surface area contributed by atoms with Gasteiger partial charge in [0.2, 0.25) is 11.8 Å². The van der Waals surface area contributed by atoms with Crippen LogP contribution >= 0.6 is 0 Å². The molecule has 2 aromatic carbocycles. The smallest absolute Gasteiger partial charge is 0.226 e. The molecule has 0 unspecified atom stereocenters. The summed E-state index contributed by atoms with van der Waals surface area (Å²) < 4.78 is 5.59. The van der Waals surface area contributed by atoms with E-state index < -0.39 is 5.92 Å². The molecular formula is C21H17N3O3. The van der Waals surface area contributed by atoms with Crippen molar-refractivity contribution in [1.29, 1.82) is 5.26 Å². The van der Waals surface area contributed by atoms with Crippen LogP contribution < -0.4 is 4.90 Å². The molecule has 6 nitrogen and oxygen atoms in total. The van der Waals surface area contributed by atoms with Gasteiger partial charge in [-0.05, 0) is 49.2 Å². The van der Waals surface area contributed by atoms with Crippen molar-refractivity contribution in [3.8, 4) is 6.07 Å². The van der Waals surface area contributed by atoms with Crippen molar-refractivity contribution in [3.05, 3.63) is 60.0 Å². The van der Waals surface area contributed by atoms with Crippen LogP contribution in [0.3, 0.4) is 0 Å². The van der Waals surface area contributed by atoms with Crippen molar-refractivity contribution >= 4 is 28.5 Å². The Labute approximate surface area is 156 Å². The van der Waals surface area contributed by atoms with Crippen LogP contribution in [0.2, 0.25) is 0 Å². The second kappa shape index (κ2) is 7.04. The summed E-state index contributed by atoms with van der Waals surface area (Å²) in [7, 11) is 0. The van der Waals surface area contributed by atoms with Gasteiger partial charge in [0.05, 0.1) is 6.07 Å². The van der Waals surface area contributed by atoms with E-state index in [0.29, 0.717) is 29.6 Å². The third kappa shape index (κ3) is 3.20. The molecule has 0 aliphatic carbocycles. The number of carbonyl (C=O) groups excluding carboxylic acids is 2. The van der Waals surface area contributed by atoms with Gasteiger partial charge in [-0.25, -0.2) is 4.98 Å². The van der Waals surface area contributed by atoms with Crippen molar-refractivity contribution in [2.24, 2.45) is 0 Å². The van der Waals surface area contributed by atoms with E-state index in [-0.39, 0.29) is 17.6 Å². The number of aromatic nitrogens is 1. The molecule has 4 rings (SSSR count). The van der Waals surface area contributed by atoms with E-state index in [4.69, 9.17) is 4.42 Å². The molecule has 27 heavy (non-hydrogen) atoms. The van der Waals surface area contributed by atoms with E-state index in [1.807, 2.05) is 12.1 Å². The number of Topliss-reactive ketones (excluding diaryl/α,β-unsaturated/α-hetero) is 1. The minimum absolute atomic E-state index is 0.0963. The number of hydrogen-bond acceptors (Lipinski definition) is 5. The second-order valence-corrected chi connectivity index (χ2v) is 6.50. The number of fused-ring (bicyclic) bond motifs is 1. The van der Waals surface area contributed by atoms with Crippen molar-refractivity contribution < 1.29 is 14.0 Å². The molecule has 1 aliphatic heterocycles. The second-order valence-electron chi connectivity index (χ2n) is 6.50. The van der Waals surface area contributed by atoms with Crippen LogP contribution in [0, 0.1) is 11.3 Å². The van der Waals surface area contributed by atoms with Crippen LogP contribution in [0.1, 0.15) is 41.4 Å². The fraction of sp³-hybridized carbons (Fsp3) is 0.238. The van der Waals surface area contributed by atoms with Gasteiger partial charge in [0.15, 0.2) is 17.3 Å². The standard InChI is InChI=1S/C21H17N3O3/c22-13-16(21-23-17-5-1-2-6-18(17)27-21)20(26)14-8-10-15(11-9-14)24-12-4-3-7-19(24)25/h1-2,5-6,8-11,16H,3-4,7,12H2/t16-/m1/s1. The van der Waals surface area contributed by atoms with Crippen molar-refractivity contribution in [1.82, 2.24) is 4.98 Å². The monoisotopic (exact) mass is 359 g/mol. The van der Waals surface area contributed by atoms with E-state index in [2.05, 4.69) is 4.98 Å². The molecule has 2 heterocycles. The third-order valence-electron chi connectivity index (χ3n) is 4.74. The zero-order chi connectivity index (χ0) is 18.8. The van der Waals surface area contributed by atoms with Gasteiger partial charge in [-0.3, -0.25) is 9.59 Å². The summed E-state index contributed by atoms with van der Waals surface area (Å²) in [6.07, 6.45) is 2.44. The fourth-order valence-corrected chi connectivity index (χ4v) is 3.29. The molecule has 1 aliphatic rings. The Hall–Kier alpha value is -3.46. The number of rotatable bonds is 4. The number of amides is 1. The Morgan fingerprint density at radius 3 is 2.63 bits per heavy atom. The average Bonchev–Trinajstić information content (AvgIpc) is 3.13. The van der Waals surface area contributed by atoms with Crippen molar-refractivity contribution in [2.45, 2.75) is 25.2 Å². The third-order valence-corrected chi connectivity index (χ3v) is 4.74. The SMILES string of the molecule is N#C[C@H](C(=O)c1ccc(N2CCCCC2=O)cc1)c1nc2ccccc2o1. The Bertz CT molecular complexity index is 1010. The number of nitriles is 1. The summed E-state index contributed by atoms with van der Waals surface area (Å²) in [5.41, 5.74) is 2.31. The summed E-state index contributed by atoms with van der Waals surface area (Å²) in [4.78, 5) is 30.8. The fourth-order valence-electron chi connectivity index (χ4n) is 3.29. The first-order chi connectivity index (χ1) is 13.2. The van der Waals surface area contributed by atoms with Gasteiger partial charge < -0.3 is 9.32 Å². The molecule has 1 aromatic heterocycles. The Morgan fingerprint density at radius 1 is 1.15 bits per heavy atom. The average molecular weight is 359 g/mol. The summed E-state index contributed by atoms with van der Waals surface area (Å²) in [5.74, 6) is -1.29. The lowest BCUT2D eigenvalue weighted by atomic mass is 9.98. The number of hydrogen-bond donors (Lipinski definition) is 0. The van der Waals surface area contributed by atoms with Crippen LogP contribution in [0.5, 0.6) is 0 Å². The van der Waals surface area contributed by atoms with Gasteiger partial charge in [-0.1, -0.05) is 12.1 Å². The number of piperidine rings is 1. The number of carbonyl (C=O) groups is 2. The first-order valence-corrected chi connectivity index (χ1v) is 8.87. The summed E-state index contributed by atoms with van der Waals surface area (Å²) in [6.45, 7) is 0.690. The molecule has 3 aromatic rings. The minimum atomic E-state index is -1.11. The lowest BCUT2D eigenvalue weighted by Crippen LogP contribution is -2.35. The number of benzene rings is 2. The first kappa shape index (κ1) is 17.0. The maximum absolute atomic E-state index is 12.8. The Morgan fingerprint density at radius 2 is 1.93 bits per heavy atom. The van der Waals surface area contributed by atoms with Crippen LogP contribution in [-0.4, -0.2) is 23.2 Å². The van der Waals surface area contributed by atoms with Gasteiger partial charge in [0.25, 0.3) is 0 Å². The van der Waals surface area contributed by atoms with Crippen LogP contribution in [0.25, 0.3) is 11.1 Å². The largest absolute Gasteiger partial charge is 0.439 e. The van der Waals surface area contributed by atoms with Crippen LogP contribution in [-0.2, 0) is 4.79 Å². The lowest BCUT2D eigenvalue weighted by Gasteiger charge is -2.26. The van der Waals surface area contributed by atoms with Gasteiger partial charge in [0, 0.05) is 24.2 Å². The zero-order valence-electron chi connectivity index (χ0n) is 14.6. The maximum Gasteiger partial charge on any atom is 0.226 e. The highest BCUT2D eigenvalue weighted by Gasteiger charge is 2.27. The molecule has 1 atom stereocenters. The van der Waals surface area contributed by atoms with Crippen LogP contribution in [0.15, 0.2) is 52.9 Å². The van der Waals surface area contributed by atoms with Gasteiger partial charge in [-0.2, -0.15) is 5.26 Å². The van der Waals surface area contributed by atoms with E-state index in [1.54, 1.807) is 47.4 Å². The minimum Gasteiger partial charge on any atom is -0.439 e.